The topological polar surface area (TPSA) is 20.3 Å². The summed E-state index contributed by atoms with van der Waals surface area (Å²) in [5, 5.41) is 0. The van der Waals surface area contributed by atoms with Gasteiger partial charge in [-0.05, 0) is 73.7 Å². The van der Waals surface area contributed by atoms with Crippen molar-refractivity contribution < 1.29 is 4.79 Å². The summed E-state index contributed by atoms with van der Waals surface area (Å²) >= 11 is 0. The fourth-order valence-electron chi connectivity index (χ4n) is 4.47. The Morgan fingerprint density at radius 3 is 2.37 bits per heavy atom. The third-order valence-corrected chi connectivity index (χ3v) is 5.98. The van der Waals surface area contributed by atoms with E-state index >= 15 is 0 Å². The predicted octanol–water partition coefficient (Wildman–Crippen LogP) is 5.80. The molecule has 2 aliphatic rings. The van der Waals surface area contributed by atoms with E-state index in [0.717, 1.165) is 31.4 Å². The minimum Gasteiger partial charge on any atom is -0.303 e. The molecule has 1 aliphatic heterocycles. The summed E-state index contributed by atoms with van der Waals surface area (Å²) in [6.45, 7) is 10.1. The summed E-state index contributed by atoms with van der Waals surface area (Å²) in [6, 6.07) is 8.98. The van der Waals surface area contributed by atoms with Crippen molar-refractivity contribution in [3.05, 3.63) is 47.0 Å². The molecule has 2 nitrogen and oxygen atoms in total. The molecule has 27 heavy (non-hydrogen) atoms. The zero-order valence-corrected chi connectivity index (χ0v) is 18.1. The van der Waals surface area contributed by atoms with Gasteiger partial charge in [0.2, 0.25) is 0 Å². The fraction of sp³-hybridized carbons (Fsp3) is 0.625. The molecule has 3 rings (SSSR count). The summed E-state index contributed by atoms with van der Waals surface area (Å²) in [7, 11) is 0. The van der Waals surface area contributed by atoms with Crippen molar-refractivity contribution >= 4 is 18.2 Å². The van der Waals surface area contributed by atoms with Gasteiger partial charge in [0.25, 0.3) is 0 Å². The van der Waals surface area contributed by atoms with E-state index in [1.165, 1.54) is 43.5 Å². The molecule has 1 aliphatic carbocycles. The molecule has 3 heteroatoms. The average molecular weight is 390 g/mol. The van der Waals surface area contributed by atoms with Crippen molar-refractivity contribution in [2.45, 2.75) is 65.2 Å². The average Bonchev–Trinajstić information content (AvgIpc) is 2.96. The first-order chi connectivity index (χ1) is 12.5. The molecule has 0 amide bonds. The van der Waals surface area contributed by atoms with Gasteiger partial charge in [0.05, 0.1) is 0 Å². The molecular weight excluding hydrogens is 354 g/mol. The fourth-order valence-corrected chi connectivity index (χ4v) is 4.47. The smallest absolute Gasteiger partial charge is 0.162 e. The van der Waals surface area contributed by atoms with Crippen LogP contribution in [0.25, 0.3) is 0 Å². The number of carbonyl (C=O) groups excluding carboxylic acids is 1. The maximum absolute atomic E-state index is 12.8. The summed E-state index contributed by atoms with van der Waals surface area (Å²) in [5.74, 6) is 1.66. The second-order valence-electron chi connectivity index (χ2n) is 8.78. The number of likely N-dealkylation sites (tertiary alicyclic amines) is 1. The Labute approximate surface area is 171 Å². The number of allylic oxidation sites excluding steroid dienone is 2. The molecule has 0 radical (unpaired) electrons. The minimum atomic E-state index is 0. The van der Waals surface area contributed by atoms with Crippen LogP contribution in [0.15, 0.2) is 35.9 Å². The number of piperidine rings is 1. The Bertz CT molecular complexity index is 628. The lowest BCUT2D eigenvalue weighted by Crippen LogP contribution is -2.35. The van der Waals surface area contributed by atoms with Gasteiger partial charge in [0.15, 0.2) is 5.78 Å². The molecule has 0 aromatic heterocycles. The number of nitrogens with zero attached hydrogens (tertiary/aromatic N) is 1. The third kappa shape index (κ3) is 6.19. The van der Waals surface area contributed by atoms with Crippen LogP contribution in [-0.2, 0) is 11.2 Å². The standard InChI is InChI=1S/C24H35NO.ClH/c1-18(2)15-20-7-9-21(10-8-20)19(3)16-22-11-12-23(24(22)26)17-25-13-5-4-6-14-25;/h7-10,16,18-19,23H,4-6,11-15,17H2,1-3H3;1H. The number of ketones is 1. The summed E-state index contributed by atoms with van der Waals surface area (Å²) < 4.78 is 0. The van der Waals surface area contributed by atoms with Gasteiger partial charge in [0, 0.05) is 12.5 Å². The maximum Gasteiger partial charge on any atom is 0.162 e. The molecular formula is C24H36ClNO. The number of hydrogen-bond acceptors (Lipinski definition) is 2. The first-order valence-corrected chi connectivity index (χ1v) is 10.6. The van der Waals surface area contributed by atoms with E-state index in [1.54, 1.807) is 0 Å². The van der Waals surface area contributed by atoms with Gasteiger partial charge in [-0.25, -0.2) is 0 Å². The highest BCUT2D eigenvalue weighted by Gasteiger charge is 2.31. The lowest BCUT2D eigenvalue weighted by atomic mass is 9.94. The molecule has 150 valence electrons. The highest BCUT2D eigenvalue weighted by Crippen LogP contribution is 2.31. The maximum atomic E-state index is 12.8. The van der Waals surface area contributed by atoms with Crippen LogP contribution in [0.1, 0.15) is 69.9 Å². The summed E-state index contributed by atoms with van der Waals surface area (Å²) in [4.78, 5) is 15.3. The highest BCUT2D eigenvalue weighted by atomic mass is 35.5. The normalized spacial score (nSPS) is 23.6. The molecule has 2 atom stereocenters. The van der Waals surface area contributed by atoms with E-state index in [-0.39, 0.29) is 18.3 Å². The lowest BCUT2D eigenvalue weighted by molar-refractivity contribution is -0.118. The van der Waals surface area contributed by atoms with Gasteiger partial charge in [-0.1, -0.05) is 57.5 Å². The number of benzene rings is 1. The van der Waals surface area contributed by atoms with Crippen molar-refractivity contribution in [2.24, 2.45) is 11.8 Å². The van der Waals surface area contributed by atoms with Crippen LogP contribution < -0.4 is 0 Å². The van der Waals surface area contributed by atoms with Crippen molar-refractivity contribution in [3.8, 4) is 0 Å². The largest absolute Gasteiger partial charge is 0.303 e. The van der Waals surface area contributed by atoms with Gasteiger partial charge in [-0.3, -0.25) is 4.79 Å². The van der Waals surface area contributed by atoms with Crippen molar-refractivity contribution in [3.63, 3.8) is 0 Å². The third-order valence-electron chi connectivity index (χ3n) is 5.98. The van der Waals surface area contributed by atoms with Gasteiger partial charge in [-0.15, -0.1) is 12.4 Å². The Morgan fingerprint density at radius 1 is 1.07 bits per heavy atom. The molecule has 1 aromatic rings. The second kappa shape index (κ2) is 10.4. The Balaban J connectivity index is 0.00000261. The molecule has 1 aromatic carbocycles. The van der Waals surface area contributed by atoms with Crippen molar-refractivity contribution in [1.82, 2.24) is 4.90 Å². The van der Waals surface area contributed by atoms with Crippen LogP contribution in [0, 0.1) is 11.8 Å². The number of hydrogen-bond donors (Lipinski definition) is 0. The SMILES string of the molecule is CC(C)Cc1ccc(C(C)C=C2CCC(CN3CCCCC3)C2=O)cc1.Cl. The summed E-state index contributed by atoms with van der Waals surface area (Å²) in [5.41, 5.74) is 3.80. The molecule has 1 saturated heterocycles. The van der Waals surface area contributed by atoms with E-state index in [4.69, 9.17) is 0 Å². The van der Waals surface area contributed by atoms with Gasteiger partial charge in [0.1, 0.15) is 0 Å². The molecule has 2 unspecified atom stereocenters. The van der Waals surface area contributed by atoms with Crippen LogP contribution in [0.5, 0.6) is 0 Å². The van der Waals surface area contributed by atoms with Crippen LogP contribution in [-0.4, -0.2) is 30.3 Å². The first kappa shape index (κ1) is 22.2. The van der Waals surface area contributed by atoms with Crippen LogP contribution in [0.4, 0.5) is 0 Å². The minimum absolute atomic E-state index is 0. The van der Waals surface area contributed by atoms with Crippen LogP contribution in [0.3, 0.4) is 0 Å². The quantitative estimate of drug-likeness (QED) is 0.573. The van der Waals surface area contributed by atoms with E-state index in [0.29, 0.717) is 17.6 Å². The van der Waals surface area contributed by atoms with Gasteiger partial charge in [-0.2, -0.15) is 0 Å². The zero-order chi connectivity index (χ0) is 18.5. The number of Topliss-reactive ketones (excluding diaryl/α,β-unsaturated/α-hetero) is 1. The molecule has 1 saturated carbocycles. The lowest BCUT2D eigenvalue weighted by Gasteiger charge is -2.28. The molecule has 2 fully saturated rings. The monoisotopic (exact) mass is 389 g/mol. The zero-order valence-electron chi connectivity index (χ0n) is 17.2. The van der Waals surface area contributed by atoms with Crippen LogP contribution in [0.2, 0.25) is 0 Å². The molecule has 0 N–H and O–H groups in total. The van der Waals surface area contributed by atoms with E-state index < -0.39 is 0 Å². The number of carbonyl (C=O) groups is 1. The Kier molecular flexibility index (Phi) is 8.57. The number of halogens is 1. The van der Waals surface area contributed by atoms with E-state index in [9.17, 15) is 4.79 Å². The van der Waals surface area contributed by atoms with Gasteiger partial charge < -0.3 is 4.90 Å². The highest BCUT2D eigenvalue weighted by molar-refractivity contribution is 5.99. The van der Waals surface area contributed by atoms with Crippen molar-refractivity contribution in [1.29, 1.82) is 0 Å². The van der Waals surface area contributed by atoms with Gasteiger partial charge >= 0.3 is 0 Å². The van der Waals surface area contributed by atoms with Crippen LogP contribution >= 0.6 is 12.4 Å². The number of rotatable bonds is 6. The summed E-state index contributed by atoms with van der Waals surface area (Å²) in [6.07, 6.45) is 9.32. The Morgan fingerprint density at radius 2 is 1.74 bits per heavy atom. The molecule has 0 bridgehead atoms. The molecule has 0 spiro atoms. The van der Waals surface area contributed by atoms with E-state index in [2.05, 4.69) is 56.0 Å². The first-order valence-electron chi connectivity index (χ1n) is 10.6. The Hall–Kier alpha value is -1.12. The van der Waals surface area contributed by atoms with Crippen molar-refractivity contribution in [2.75, 3.05) is 19.6 Å². The predicted molar refractivity (Wildman–Crippen MR) is 117 cm³/mol. The van der Waals surface area contributed by atoms with E-state index in [1.807, 2.05) is 0 Å². The molecule has 1 heterocycles. The second-order valence-corrected chi connectivity index (χ2v) is 8.78.